The maximum absolute atomic E-state index is 5.79. The van der Waals surface area contributed by atoms with Gasteiger partial charge in [0.2, 0.25) is 17.8 Å². The molecule has 0 saturated carbocycles. The number of nitrogens with two attached hydrogens (primary N) is 1. The lowest BCUT2D eigenvalue weighted by Gasteiger charge is -2.20. The van der Waals surface area contributed by atoms with Gasteiger partial charge < -0.3 is 20.7 Å². The molecule has 3 unspecified atom stereocenters. The summed E-state index contributed by atoms with van der Waals surface area (Å²) in [5.41, 5.74) is 5.69. The highest BCUT2D eigenvalue weighted by Crippen LogP contribution is 2.35. The minimum absolute atomic E-state index is 0.236. The molecule has 0 radical (unpaired) electrons. The van der Waals surface area contributed by atoms with Gasteiger partial charge in [0.25, 0.3) is 0 Å². The number of nitrogens with one attached hydrogen (secondary N) is 1. The zero-order chi connectivity index (χ0) is 12.7. The molecule has 1 aromatic rings. The molecule has 98 valence electrons. The molecule has 7 heteroatoms. The quantitative estimate of drug-likeness (QED) is 0.794. The number of hydrogen-bond donors (Lipinski definition) is 2. The third-order valence-corrected chi connectivity index (χ3v) is 3.46. The summed E-state index contributed by atoms with van der Waals surface area (Å²) in [5.74, 6) is 1.33. The van der Waals surface area contributed by atoms with E-state index < -0.39 is 0 Å². The third-order valence-electron chi connectivity index (χ3n) is 3.46. The van der Waals surface area contributed by atoms with Gasteiger partial charge in [-0.15, -0.1) is 0 Å². The van der Waals surface area contributed by atoms with Crippen molar-refractivity contribution >= 4 is 17.8 Å². The van der Waals surface area contributed by atoms with Crippen LogP contribution in [0, 0.1) is 0 Å². The number of fused-ring (bicyclic) bond motifs is 2. The van der Waals surface area contributed by atoms with E-state index in [4.69, 9.17) is 10.5 Å². The summed E-state index contributed by atoms with van der Waals surface area (Å²) >= 11 is 0. The monoisotopic (exact) mass is 250 g/mol. The molecule has 3 heterocycles. The first-order valence-corrected chi connectivity index (χ1v) is 6.22. The zero-order valence-electron chi connectivity index (χ0n) is 10.6. The molecule has 0 spiro atoms. The van der Waals surface area contributed by atoms with E-state index >= 15 is 0 Å². The van der Waals surface area contributed by atoms with Crippen molar-refractivity contribution < 1.29 is 4.74 Å². The SMILES string of the molecule is CN(C)c1nc(N)nc(NC2CC3CCC2O3)n1. The van der Waals surface area contributed by atoms with E-state index in [1.165, 1.54) is 6.42 Å². The van der Waals surface area contributed by atoms with Gasteiger partial charge in [0.05, 0.1) is 18.2 Å². The summed E-state index contributed by atoms with van der Waals surface area (Å²) in [5, 5.41) is 3.31. The van der Waals surface area contributed by atoms with Crippen molar-refractivity contribution in [2.45, 2.75) is 37.5 Å². The Labute approximate surface area is 106 Å². The molecule has 1 aromatic heterocycles. The summed E-state index contributed by atoms with van der Waals surface area (Å²) in [6.07, 6.45) is 4.00. The molecule has 0 amide bonds. The minimum atomic E-state index is 0.236. The van der Waals surface area contributed by atoms with E-state index in [1.807, 2.05) is 14.1 Å². The first kappa shape index (κ1) is 11.5. The van der Waals surface area contributed by atoms with E-state index in [0.717, 1.165) is 12.8 Å². The first-order valence-electron chi connectivity index (χ1n) is 6.22. The topological polar surface area (TPSA) is 89.2 Å². The van der Waals surface area contributed by atoms with Crippen LogP contribution in [0.5, 0.6) is 0 Å². The van der Waals surface area contributed by atoms with Crippen molar-refractivity contribution in [3.8, 4) is 0 Å². The normalized spacial score (nSPS) is 29.6. The second-order valence-electron chi connectivity index (χ2n) is 5.07. The van der Waals surface area contributed by atoms with Gasteiger partial charge in [0.1, 0.15) is 0 Å². The van der Waals surface area contributed by atoms with Crippen LogP contribution >= 0.6 is 0 Å². The molecule has 0 aliphatic carbocycles. The Bertz CT molecular complexity index is 451. The summed E-state index contributed by atoms with van der Waals surface area (Å²) in [6.45, 7) is 0. The van der Waals surface area contributed by atoms with Gasteiger partial charge in [-0.25, -0.2) is 0 Å². The second-order valence-corrected chi connectivity index (χ2v) is 5.07. The van der Waals surface area contributed by atoms with Crippen LogP contribution in [0.15, 0.2) is 0 Å². The van der Waals surface area contributed by atoms with Gasteiger partial charge in [0.15, 0.2) is 0 Å². The minimum Gasteiger partial charge on any atom is -0.373 e. The zero-order valence-corrected chi connectivity index (χ0v) is 10.6. The average molecular weight is 250 g/mol. The van der Waals surface area contributed by atoms with Crippen molar-refractivity contribution in [3.63, 3.8) is 0 Å². The highest BCUT2D eigenvalue weighted by atomic mass is 16.5. The number of hydrogen-bond acceptors (Lipinski definition) is 7. The molecular weight excluding hydrogens is 232 g/mol. The van der Waals surface area contributed by atoms with E-state index in [2.05, 4.69) is 20.3 Å². The highest BCUT2D eigenvalue weighted by Gasteiger charge is 2.41. The molecule has 2 bridgehead atoms. The predicted molar refractivity (Wildman–Crippen MR) is 68.5 cm³/mol. The molecule has 18 heavy (non-hydrogen) atoms. The van der Waals surface area contributed by atoms with Crippen molar-refractivity contribution in [1.29, 1.82) is 0 Å². The summed E-state index contributed by atoms with van der Waals surface area (Å²) in [4.78, 5) is 14.3. The predicted octanol–water partition coefficient (Wildman–Crippen LogP) is 0.252. The average Bonchev–Trinajstić information content (AvgIpc) is 2.90. The summed E-state index contributed by atoms with van der Waals surface area (Å²) in [7, 11) is 3.75. The van der Waals surface area contributed by atoms with Gasteiger partial charge in [-0.3, -0.25) is 0 Å². The van der Waals surface area contributed by atoms with E-state index in [1.54, 1.807) is 4.90 Å². The number of ether oxygens (including phenoxy) is 1. The van der Waals surface area contributed by atoms with Gasteiger partial charge in [-0.1, -0.05) is 0 Å². The number of anilines is 3. The van der Waals surface area contributed by atoms with E-state index in [0.29, 0.717) is 24.0 Å². The molecule has 2 aliphatic heterocycles. The largest absolute Gasteiger partial charge is 0.373 e. The van der Waals surface area contributed by atoms with Crippen LogP contribution in [0.4, 0.5) is 17.8 Å². The van der Waals surface area contributed by atoms with E-state index in [-0.39, 0.29) is 12.1 Å². The second kappa shape index (κ2) is 4.24. The Kier molecular flexibility index (Phi) is 2.70. The lowest BCUT2D eigenvalue weighted by molar-refractivity contribution is 0.102. The van der Waals surface area contributed by atoms with Crippen molar-refractivity contribution in [2.75, 3.05) is 30.0 Å². The van der Waals surface area contributed by atoms with Crippen LogP contribution in [0.1, 0.15) is 19.3 Å². The molecule has 2 aliphatic rings. The lowest BCUT2D eigenvalue weighted by Crippen LogP contribution is -2.31. The lowest BCUT2D eigenvalue weighted by atomic mass is 9.96. The third kappa shape index (κ3) is 2.05. The van der Waals surface area contributed by atoms with Gasteiger partial charge in [-0.05, 0) is 19.3 Å². The van der Waals surface area contributed by atoms with Gasteiger partial charge in [0, 0.05) is 14.1 Å². The van der Waals surface area contributed by atoms with Crippen LogP contribution in [0.2, 0.25) is 0 Å². The Morgan fingerprint density at radius 3 is 2.72 bits per heavy atom. The fraction of sp³-hybridized carbons (Fsp3) is 0.727. The number of rotatable bonds is 3. The Morgan fingerprint density at radius 1 is 1.28 bits per heavy atom. The summed E-state index contributed by atoms with van der Waals surface area (Å²) in [6, 6.07) is 0.292. The van der Waals surface area contributed by atoms with Crippen LogP contribution in [-0.2, 0) is 4.74 Å². The van der Waals surface area contributed by atoms with Crippen molar-refractivity contribution in [2.24, 2.45) is 0 Å². The number of nitrogens with zero attached hydrogens (tertiary/aromatic N) is 4. The Morgan fingerprint density at radius 2 is 2.11 bits per heavy atom. The summed E-state index contributed by atoms with van der Waals surface area (Å²) < 4.78 is 5.79. The van der Waals surface area contributed by atoms with Crippen LogP contribution < -0.4 is 16.0 Å². The number of aromatic nitrogens is 3. The Hall–Kier alpha value is -1.63. The van der Waals surface area contributed by atoms with Crippen molar-refractivity contribution in [1.82, 2.24) is 15.0 Å². The fourth-order valence-corrected chi connectivity index (χ4v) is 2.60. The van der Waals surface area contributed by atoms with Crippen LogP contribution in [0.3, 0.4) is 0 Å². The molecule has 7 nitrogen and oxygen atoms in total. The first-order chi connectivity index (χ1) is 8.61. The molecule has 3 N–H and O–H groups in total. The Balaban J connectivity index is 1.76. The van der Waals surface area contributed by atoms with Gasteiger partial charge in [-0.2, -0.15) is 15.0 Å². The smallest absolute Gasteiger partial charge is 0.231 e. The van der Waals surface area contributed by atoms with Crippen LogP contribution in [0.25, 0.3) is 0 Å². The van der Waals surface area contributed by atoms with Crippen LogP contribution in [-0.4, -0.2) is 47.3 Å². The van der Waals surface area contributed by atoms with Crippen molar-refractivity contribution in [3.05, 3.63) is 0 Å². The van der Waals surface area contributed by atoms with Gasteiger partial charge >= 0.3 is 0 Å². The molecular formula is C11H18N6O. The molecule has 3 atom stereocenters. The molecule has 2 fully saturated rings. The van der Waals surface area contributed by atoms with E-state index in [9.17, 15) is 0 Å². The molecule has 2 saturated heterocycles. The fourth-order valence-electron chi connectivity index (χ4n) is 2.60. The maximum Gasteiger partial charge on any atom is 0.231 e. The molecule has 3 rings (SSSR count). The molecule has 0 aromatic carbocycles. The highest BCUT2D eigenvalue weighted by molar-refractivity contribution is 5.41. The maximum atomic E-state index is 5.79. The number of nitrogen functional groups attached to an aromatic ring is 1. The standard InChI is InChI=1S/C11H18N6O/c1-17(2)11-15-9(12)14-10(16-11)13-7-5-6-3-4-8(7)18-6/h6-8H,3-5H2,1-2H3,(H3,12,13,14,15,16).